The fourth-order valence-electron chi connectivity index (χ4n) is 1.77. The minimum Gasteiger partial charge on any atom is -0.407 e. The van der Waals surface area contributed by atoms with Crippen molar-refractivity contribution in [2.24, 2.45) is 0 Å². The minimum absolute atomic E-state index is 0.117. The van der Waals surface area contributed by atoms with Gasteiger partial charge in [0.25, 0.3) is 0 Å². The van der Waals surface area contributed by atoms with Gasteiger partial charge in [0.2, 0.25) is 0 Å². The smallest absolute Gasteiger partial charge is 0.407 e. The van der Waals surface area contributed by atoms with Gasteiger partial charge in [0.15, 0.2) is 23.1 Å². The molecule has 168 valence electrons. The van der Waals surface area contributed by atoms with Gasteiger partial charge in [0.1, 0.15) is 0 Å². The fourth-order valence-corrected chi connectivity index (χ4v) is 6.34. The summed E-state index contributed by atoms with van der Waals surface area (Å²) in [5, 5.41) is 0.233. The number of benzene rings is 2. The van der Waals surface area contributed by atoms with E-state index in [2.05, 4.69) is 0 Å². The van der Waals surface area contributed by atoms with E-state index in [0.29, 0.717) is 9.79 Å². The van der Waals surface area contributed by atoms with E-state index in [1.165, 1.54) is 50.1 Å². The second-order valence-corrected chi connectivity index (χ2v) is 11.0. The molecule has 0 aliphatic heterocycles. The molecule has 6 nitrogen and oxygen atoms in total. The molecule has 0 unspecified atom stereocenters. The summed E-state index contributed by atoms with van der Waals surface area (Å²) in [6.07, 6.45) is -1.48. The molecule has 0 aliphatic carbocycles. The Morgan fingerprint density at radius 1 is 0.774 bits per heavy atom. The van der Waals surface area contributed by atoms with Crippen LogP contribution in [0.2, 0.25) is 10.0 Å². The lowest BCUT2D eigenvalue weighted by atomic mass is 10.3. The van der Waals surface area contributed by atoms with Crippen molar-refractivity contribution in [2.75, 3.05) is 28.2 Å². The molecule has 2 rings (SSSR count). The van der Waals surface area contributed by atoms with Crippen LogP contribution >= 0.6 is 54.6 Å². The Hall–Kier alpha value is -1.53. The second-order valence-electron chi connectivity index (χ2n) is 6.19. The normalized spacial score (nSPS) is 10.6. The number of nitrogens with zero attached hydrogens (tertiary/aromatic N) is 2. The van der Waals surface area contributed by atoms with Crippen LogP contribution in [-0.4, -0.2) is 50.2 Å². The molecule has 0 atom stereocenters. The highest BCUT2D eigenvalue weighted by Crippen LogP contribution is 2.49. The van der Waals surface area contributed by atoms with Gasteiger partial charge < -0.3 is 19.3 Å². The predicted octanol–water partition coefficient (Wildman–Crippen LogP) is 6.84. The Morgan fingerprint density at radius 3 is 1.45 bits per heavy atom. The van der Waals surface area contributed by atoms with Gasteiger partial charge >= 0.3 is 12.2 Å². The molecule has 0 heterocycles. The van der Waals surface area contributed by atoms with Gasteiger partial charge in [-0.2, -0.15) is 0 Å². The predicted molar refractivity (Wildman–Crippen MR) is 122 cm³/mol. The molecule has 0 bridgehead atoms. The Labute approximate surface area is 199 Å². The van der Waals surface area contributed by atoms with Crippen molar-refractivity contribution >= 4 is 66.8 Å². The number of amides is 2. The molecule has 0 aliphatic rings. The summed E-state index contributed by atoms with van der Waals surface area (Å²) < 4.78 is 38.0. The molecule has 0 aromatic heterocycles. The molecule has 31 heavy (non-hydrogen) atoms. The van der Waals surface area contributed by atoms with E-state index < -0.39 is 23.8 Å². The molecule has 2 aromatic rings. The highest BCUT2D eigenvalue weighted by Gasteiger charge is 2.18. The highest BCUT2D eigenvalue weighted by molar-refractivity contribution is 9.09. The first-order valence-electron chi connectivity index (χ1n) is 8.27. The number of ether oxygens (including phenoxy) is 2. The molecule has 0 spiro atoms. The van der Waals surface area contributed by atoms with E-state index in [9.17, 15) is 18.4 Å². The van der Waals surface area contributed by atoms with E-state index >= 15 is 0 Å². The van der Waals surface area contributed by atoms with Crippen LogP contribution in [0.5, 0.6) is 11.5 Å². The SMILES string of the molecule is CN(C)C(=O)Oc1cc(SSSc2cc(OC(=O)N(C)C)c(F)cc2Cl)c(Cl)cc1F. The number of hydrogen-bond acceptors (Lipinski definition) is 7. The zero-order chi connectivity index (χ0) is 23.3. The van der Waals surface area contributed by atoms with Crippen molar-refractivity contribution in [3.63, 3.8) is 0 Å². The van der Waals surface area contributed by atoms with Gasteiger partial charge in [-0.05, 0) is 43.5 Å². The number of carbonyl (C=O) groups excluding carboxylic acids is 2. The van der Waals surface area contributed by atoms with E-state index in [-0.39, 0.29) is 21.5 Å². The third kappa shape index (κ3) is 7.25. The standard InChI is InChI=1S/C18H16Cl2F2N2O4S3/c1-23(2)17(25)27-13-7-15(9(19)5-11(13)21)29-31-30-16-8-14(12(22)6-10(16)20)28-18(26)24(3)4/h5-8H,1-4H3. The molecular weight excluding hydrogens is 513 g/mol. The molecule has 13 heteroatoms. The molecule has 0 N–H and O–H groups in total. The Morgan fingerprint density at radius 2 is 1.13 bits per heavy atom. The molecule has 2 amide bonds. The maximum absolute atomic E-state index is 14.0. The van der Waals surface area contributed by atoms with Crippen molar-refractivity contribution in [3.05, 3.63) is 45.9 Å². The van der Waals surface area contributed by atoms with Crippen LogP contribution in [0, 0.1) is 11.6 Å². The van der Waals surface area contributed by atoms with Crippen LogP contribution in [-0.2, 0) is 0 Å². The molecule has 0 fully saturated rings. The molecule has 0 saturated heterocycles. The Kier molecular flexibility index (Phi) is 9.44. The summed E-state index contributed by atoms with van der Waals surface area (Å²) in [7, 11) is 9.34. The maximum atomic E-state index is 14.0. The Balaban J connectivity index is 2.12. The topological polar surface area (TPSA) is 59.1 Å². The zero-order valence-corrected chi connectivity index (χ0v) is 20.5. The van der Waals surface area contributed by atoms with Crippen molar-refractivity contribution < 1.29 is 27.8 Å². The lowest BCUT2D eigenvalue weighted by Crippen LogP contribution is -2.25. The molecule has 2 aromatic carbocycles. The number of rotatable bonds is 6. The summed E-state index contributed by atoms with van der Waals surface area (Å²) in [6, 6.07) is 4.68. The zero-order valence-electron chi connectivity index (χ0n) is 16.6. The van der Waals surface area contributed by atoms with Crippen LogP contribution in [0.25, 0.3) is 0 Å². The van der Waals surface area contributed by atoms with E-state index in [1.54, 1.807) is 0 Å². The Bertz CT molecular complexity index is 919. The number of carbonyl (C=O) groups is 2. The highest BCUT2D eigenvalue weighted by atomic mass is 35.5. The lowest BCUT2D eigenvalue weighted by molar-refractivity contribution is 0.169. The van der Waals surface area contributed by atoms with Crippen molar-refractivity contribution in [2.45, 2.75) is 9.79 Å². The average molecular weight is 529 g/mol. The van der Waals surface area contributed by atoms with E-state index in [1.807, 2.05) is 0 Å². The first-order chi connectivity index (χ1) is 14.5. The van der Waals surface area contributed by atoms with E-state index in [0.717, 1.165) is 43.5 Å². The van der Waals surface area contributed by atoms with Crippen LogP contribution < -0.4 is 9.47 Å². The largest absolute Gasteiger partial charge is 0.414 e. The average Bonchev–Trinajstić information content (AvgIpc) is 2.68. The second kappa shape index (κ2) is 11.4. The number of hydrogen-bond donors (Lipinski definition) is 0. The molecular formula is C18H16Cl2F2N2O4S3. The monoisotopic (exact) mass is 528 g/mol. The van der Waals surface area contributed by atoms with Crippen LogP contribution in [0.3, 0.4) is 0 Å². The van der Waals surface area contributed by atoms with E-state index in [4.69, 9.17) is 32.7 Å². The van der Waals surface area contributed by atoms with Gasteiger partial charge in [-0.3, -0.25) is 0 Å². The van der Waals surface area contributed by atoms with Crippen molar-refractivity contribution in [3.8, 4) is 11.5 Å². The van der Waals surface area contributed by atoms with Gasteiger partial charge in [-0.15, -0.1) is 0 Å². The maximum Gasteiger partial charge on any atom is 0.414 e. The third-order valence-corrected chi connectivity index (χ3v) is 8.08. The quantitative estimate of drug-likeness (QED) is 0.380. The first kappa shape index (κ1) is 25.7. The number of halogens is 4. The summed E-state index contributed by atoms with van der Waals surface area (Å²) in [5.74, 6) is -2.10. The lowest BCUT2D eigenvalue weighted by Gasteiger charge is -2.13. The first-order valence-corrected chi connectivity index (χ1v) is 12.5. The van der Waals surface area contributed by atoms with Crippen LogP contribution in [0.1, 0.15) is 0 Å². The fraction of sp³-hybridized carbons (Fsp3) is 0.222. The van der Waals surface area contributed by atoms with Crippen LogP contribution in [0.4, 0.5) is 18.4 Å². The summed E-state index contributed by atoms with van der Waals surface area (Å²) in [5.41, 5.74) is 0. The molecule has 0 saturated carbocycles. The van der Waals surface area contributed by atoms with Gasteiger partial charge in [0.05, 0.1) is 10.0 Å². The minimum atomic E-state index is -0.781. The van der Waals surface area contributed by atoms with Gasteiger partial charge in [-0.1, -0.05) is 23.2 Å². The third-order valence-electron chi connectivity index (χ3n) is 3.35. The van der Waals surface area contributed by atoms with Crippen molar-refractivity contribution in [1.29, 1.82) is 0 Å². The summed E-state index contributed by atoms with van der Waals surface area (Å²) in [6.45, 7) is 0. The van der Waals surface area contributed by atoms with Crippen molar-refractivity contribution in [1.82, 2.24) is 9.80 Å². The summed E-state index contributed by atoms with van der Waals surface area (Å²) in [4.78, 5) is 26.5. The van der Waals surface area contributed by atoms with Gasteiger partial charge in [0, 0.05) is 50.1 Å². The van der Waals surface area contributed by atoms with Crippen LogP contribution in [0.15, 0.2) is 34.1 Å². The van der Waals surface area contributed by atoms with Gasteiger partial charge in [-0.25, -0.2) is 18.4 Å². The summed E-state index contributed by atoms with van der Waals surface area (Å²) >= 11 is 12.1. The molecule has 0 radical (unpaired) electrons.